The summed E-state index contributed by atoms with van der Waals surface area (Å²) >= 11 is 0. The minimum atomic E-state index is -0.284. The van der Waals surface area contributed by atoms with Gasteiger partial charge in [-0.1, -0.05) is 17.3 Å². The molecule has 2 aromatic rings. The second-order valence-electron chi connectivity index (χ2n) is 6.75. The molecule has 3 rings (SSSR count). The Kier molecular flexibility index (Phi) is 5.13. The van der Waals surface area contributed by atoms with Crippen LogP contribution in [0.2, 0.25) is 0 Å². The first-order chi connectivity index (χ1) is 11.9. The van der Waals surface area contributed by atoms with Crippen LogP contribution in [-0.2, 0) is 4.79 Å². The van der Waals surface area contributed by atoms with Crippen molar-refractivity contribution >= 4 is 5.91 Å². The van der Waals surface area contributed by atoms with Gasteiger partial charge in [-0.25, -0.2) is 4.39 Å². The van der Waals surface area contributed by atoms with Crippen molar-refractivity contribution < 1.29 is 13.7 Å². The second-order valence-corrected chi connectivity index (χ2v) is 6.75. The SMILES string of the molecule is Cc1ccc(-c2noc(C(C)N3CCC(CC(N)=O)CC3)n2)cc1F. The van der Waals surface area contributed by atoms with Crippen molar-refractivity contribution in [2.45, 2.75) is 39.2 Å². The fourth-order valence-electron chi connectivity index (χ4n) is 3.24. The molecule has 25 heavy (non-hydrogen) atoms. The molecule has 0 spiro atoms. The van der Waals surface area contributed by atoms with E-state index >= 15 is 0 Å². The van der Waals surface area contributed by atoms with Gasteiger partial charge in [-0.3, -0.25) is 9.69 Å². The zero-order chi connectivity index (χ0) is 18.0. The summed E-state index contributed by atoms with van der Waals surface area (Å²) in [5.74, 6) is 0.746. The van der Waals surface area contributed by atoms with E-state index in [-0.39, 0.29) is 17.8 Å². The van der Waals surface area contributed by atoms with Crippen molar-refractivity contribution in [2.24, 2.45) is 11.7 Å². The number of aryl methyl sites for hydroxylation is 1. The van der Waals surface area contributed by atoms with Gasteiger partial charge in [0.15, 0.2) is 0 Å². The largest absolute Gasteiger partial charge is 0.370 e. The van der Waals surface area contributed by atoms with E-state index in [0.717, 1.165) is 25.9 Å². The maximum atomic E-state index is 13.7. The lowest BCUT2D eigenvalue weighted by Crippen LogP contribution is -2.36. The van der Waals surface area contributed by atoms with Crippen LogP contribution in [0.5, 0.6) is 0 Å². The van der Waals surface area contributed by atoms with Crippen LogP contribution >= 0.6 is 0 Å². The lowest BCUT2D eigenvalue weighted by atomic mass is 9.92. The monoisotopic (exact) mass is 346 g/mol. The highest BCUT2D eigenvalue weighted by Crippen LogP contribution is 2.28. The number of carbonyl (C=O) groups excluding carboxylic acids is 1. The summed E-state index contributed by atoms with van der Waals surface area (Å²) < 4.78 is 19.1. The van der Waals surface area contributed by atoms with Gasteiger partial charge in [0.1, 0.15) is 5.82 Å². The van der Waals surface area contributed by atoms with Crippen molar-refractivity contribution in [1.82, 2.24) is 15.0 Å². The molecular formula is C18H23FN4O2. The Bertz CT molecular complexity index is 753. The quantitative estimate of drug-likeness (QED) is 0.900. The third-order valence-corrected chi connectivity index (χ3v) is 4.92. The molecule has 1 aromatic carbocycles. The second kappa shape index (κ2) is 7.31. The number of amides is 1. The average molecular weight is 346 g/mol. The van der Waals surface area contributed by atoms with E-state index in [1.54, 1.807) is 19.1 Å². The van der Waals surface area contributed by atoms with E-state index in [0.29, 0.717) is 35.2 Å². The molecule has 0 aliphatic carbocycles. The van der Waals surface area contributed by atoms with E-state index in [2.05, 4.69) is 15.0 Å². The first-order valence-corrected chi connectivity index (χ1v) is 8.56. The fraction of sp³-hybridized carbons (Fsp3) is 0.500. The molecular weight excluding hydrogens is 323 g/mol. The highest BCUT2D eigenvalue weighted by atomic mass is 19.1. The van der Waals surface area contributed by atoms with Gasteiger partial charge >= 0.3 is 0 Å². The normalized spacial score (nSPS) is 17.6. The number of piperidine rings is 1. The van der Waals surface area contributed by atoms with Crippen LogP contribution in [0.4, 0.5) is 4.39 Å². The molecule has 1 amide bonds. The Hall–Kier alpha value is -2.28. The molecule has 1 aromatic heterocycles. The molecule has 0 saturated carbocycles. The van der Waals surface area contributed by atoms with Crippen molar-refractivity contribution in [1.29, 1.82) is 0 Å². The van der Waals surface area contributed by atoms with Crippen LogP contribution in [-0.4, -0.2) is 34.0 Å². The van der Waals surface area contributed by atoms with Gasteiger partial charge in [0.05, 0.1) is 6.04 Å². The van der Waals surface area contributed by atoms with Crippen molar-refractivity contribution in [3.8, 4) is 11.4 Å². The summed E-state index contributed by atoms with van der Waals surface area (Å²) in [5, 5.41) is 3.99. The van der Waals surface area contributed by atoms with E-state index in [1.807, 2.05) is 6.92 Å². The number of nitrogens with zero attached hydrogens (tertiary/aromatic N) is 3. The van der Waals surface area contributed by atoms with Crippen LogP contribution in [0, 0.1) is 18.7 Å². The Balaban J connectivity index is 1.66. The summed E-state index contributed by atoms with van der Waals surface area (Å²) in [6.07, 6.45) is 2.31. The number of carbonyl (C=O) groups is 1. The fourth-order valence-corrected chi connectivity index (χ4v) is 3.24. The van der Waals surface area contributed by atoms with Crippen molar-refractivity contribution in [3.63, 3.8) is 0 Å². The Morgan fingerprint density at radius 2 is 2.16 bits per heavy atom. The molecule has 7 heteroatoms. The number of rotatable bonds is 5. The predicted molar refractivity (Wildman–Crippen MR) is 91.0 cm³/mol. The van der Waals surface area contributed by atoms with Gasteiger partial charge in [0.25, 0.3) is 0 Å². The number of aromatic nitrogens is 2. The van der Waals surface area contributed by atoms with Gasteiger partial charge in [0, 0.05) is 12.0 Å². The van der Waals surface area contributed by atoms with Crippen molar-refractivity contribution in [2.75, 3.05) is 13.1 Å². The average Bonchev–Trinajstić information content (AvgIpc) is 3.07. The highest BCUT2D eigenvalue weighted by Gasteiger charge is 2.27. The number of benzene rings is 1. The summed E-state index contributed by atoms with van der Waals surface area (Å²) in [5.41, 5.74) is 6.46. The maximum Gasteiger partial charge on any atom is 0.244 e. The minimum Gasteiger partial charge on any atom is -0.370 e. The summed E-state index contributed by atoms with van der Waals surface area (Å²) in [4.78, 5) is 17.7. The lowest BCUT2D eigenvalue weighted by Gasteiger charge is -2.34. The molecule has 0 bridgehead atoms. The van der Waals surface area contributed by atoms with Crippen LogP contribution in [0.15, 0.2) is 22.7 Å². The zero-order valence-corrected chi connectivity index (χ0v) is 14.5. The van der Waals surface area contributed by atoms with Crippen LogP contribution in [0.3, 0.4) is 0 Å². The number of primary amides is 1. The van der Waals surface area contributed by atoms with E-state index in [4.69, 9.17) is 10.3 Å². The van der Waals surface area contributed by atoms with Crippen LogP contribution < -0.4 is 5.73 Å². The molecule has 1 saturated heterocycles. The van der Waals surface area contributed by atoms with Gasteiger partial charge in [-0.05, 0) is 57.3 Å². The number of halogens is 1. The standard InChI is InChI=1S/C18H23FN4O2/c1-11-3-4-14(10-15(11)19)17-21-18(25-22-17)12(2)23-7-5-13(6-8-23)9-16(20)24/h3-4,10,12-13H,5-9H2,1-2H3,(H2,20,24). The molecule has 1 aliphatic heterocycles. The lowest BCUT2D eigenvalue weighted by molar-refractivity contribution is -0.119. The summed E-state index contributed by atoms with van der Waals surface area (Å²) in [7, 11) is 0. The predicted octanol–water partition coefficient (Wildman–Crippen LogP) is 2.83. The van der Waals surface area contributed by atoms with Gasteiger partial charge in [-0.2, -0.15) is 4.98 Å². The van der Waals surface area contributed by atoms with Crippen molar-refractivity contribution in [3.05, 3.63) is 35.5 Å². The smallest absolute Gasteiger partial charge is 0.244 e. The molecule has 2 heterocycles. The molecule has 0 radical (unpaired) electrons. The Morgan fingerprint density at radius 3 is 2.80 bits per heavy atom. The molecule has 6 nitrogen and oxygen atoms in total. The van der Waals surface area contributed by atoms with Crippen LogP contribution in [0.25, 0.3) is 11.4 Å². The first kappa shape index (κ1) is 17.5. The van der Waals surface area contributed by atoms with Crippen LogP contribution in [0.1, 0.15) is 43.7 Å². The number of likely N-dealkylation sites (tertiary alicyclic amines) is 1. The first-order valence-electron chi connectivity index (χ1n) is 8.56. The molecule has 2 N–H and O–H groups in total. The zero-order valence-electron chi connectivity index (χ0n) is 14.5. The molecule has 1 unspecified atom stereocenters. The Morgan fingerprint density at radius 1 is 1.44 bits per heavy atom. The van der Waals surface area contributed by atoms with E-state index in [1.165, 1.54) is 6.07 Å². The summed E-state index contributed by atoms with van der Waals surface area (Å²) in [6.45, 7) is 5.44. The molecule has 1 atom stereocenters. The number of hydrogen-bond donors (Lipinski definition) is 1. The molecule has 1 aliphatic rings. The topological polar surface area (TPSA) is 85.3 Å². The third-order valence-electron chi connectivity index (χ3n) is 4.92. The van der Waals surface area contributed by atoms with Gasteiger partial charge in [-0.15, -0.1) is 0 Å². The summed E-state index contributed by atoms with van der Waals surface area (Å²) in [6, 6.07) is 4.89. The van der Waals surface area contributed by atoms with Gasteiger partial charge in [0.2, 0.25) is 17.6 Å². The number of hydrogen-bond acceptors (Lipinski definition) is 5. The minimum absolute atomic E-state index is 0.0222. The third kappa shape index (κ3) is 4.04. The van der Waals surface area contributed by atoms with E-state index < -0.39 is 0 Å². The maximum absolute atomic E-state index is 13.7. The highest BCUT2D eigenvalue weighted by molar-refractivity contribution is 5.74. The molecule has 134 valence electrons. The number of nitrogens with two attached hydrogens (primary N) is 1. The van der Waals surface area contributed by atoms with E-state index in [9.17, 15) is 9.18 Å². The van der Waals surface area contributed by atoms with Gasteiger partial charge < -0.3 is 10.3 Å². The Labute approximate surface area is 146 Å². The molecule has 1 fully saturated rings.